The zero-order valence-corrected chi connectivity index (χ0v) is 18.9. The number of pyridine rings is 1. The predicted octanol–water partition coefficient (Wildman–Crippen LogP) is 4.77. The van der Waals surface area contributed by atoms with E-state index in [1.54, 1.807) is 12.4 Å². The molecule has 0 bridgehead atoms. The van der Waals surface area contributed by atoms with Gasteiger partial charge in [-0.1, -0.05) is 12.1 Å². The van der Waals surface area contributed by atoms with Crippen LogP contribution in [0.2, 0.25) is 0 Å². The minimum atomic E-state index is 0.0190. The number of aromatic amines is 1. The summed E-state index contributed by atoms with van der Waals surface area (Å²) in [5.41, 5.74) is 6.24. The van der Waals surface area contributed by atoms with Gasteiger partial charge in [0, 0.05) is 31.0 Å². The molecule has 7 heteroatoms. The molecule has 0 aliphatic carbocycles. The first kappa shape index (κ1) is 21.0. The number of carbonyl (C=O) groups excluding carboxylic acids is 1. The number of aromatic nitrogens is 3. The third-order valence-corrected chi connectivity index (χ3v) is 6.02. The molecule has 1 aliphatic rings. The van der Waals surface area contributed by atoms with Gasteiger partial charge in [-0.3, -0.25) is 4.98 Å². The Balaban J connectivity index is 1.39. The summed E-state index contributed by atoms with van der Waals surface area (Å²) < 4.78 is 5.99. The van der Waals surface area contributed by atoms with Crippen LogP contribution in [0.1, 0.15) is 23.9 Å². The first-order chi connectivity index (χ1) is 16.1. The van der Waals surface area contributed by atoms with E-state index in [0.29, 0.717) is 32.8 Å². The Bertz CT molecular complexity index is 1280. The summed E-state index contributed by atoms with van der Waals surface area (Å²) in [6.07, 6.45) is 3.51. The Morgan fingerprint density at radius 3 is 2.73 bits per heavy atom. The zero-order chi connectivity index (χ0) is 22.8. The first-order valence-corrected chi connectivity index (χ1v) is 11.3. The molecule has 0 saturated carbocycles. The standard InChI is InChI=1S/C26H27N5O2/c1-3-30(16-19-8-10-27-11-9-19)26(32)31-12-13-33-25-7-5-20(14-22(25)17-31)21-4-6-23-24(15-21)29-18(2)28-23/h4-11,14-15H,3,12-13,16-17H2,1-2H3,(H,28,29). The van der Waals surface area contributed by atoms with Crippen LogP contribution in [0.4, 0.5) is 4.79 Å². The van der Waals surface area contributed by atoms with Crippen molar-refractivity contribution in [1.82, 2.24) is 24.8 Å². The molecule has 0 spiro atoms. The molecular formula is C26H27N5O2. The number of hydrogen-bond donors (Lipinski definition) is 1. The normalized spacial score (nSPS) is 13.3. The number of amides is 2. The average molecular weight is 442 g/mol. The number of H-pyrrole nitrogens is 1. The van der Waals surface area contributed by atoms with Crippen LogP contribution < -0.4 is 4.74 Å². The van der Waals surface area contributed by atoms with E-state index < -0.39 is 0 Å². The van der Waals surface area contributed by atoms with Crippen molar-refractivity contribution < 1.29 is 9.53 Å². The number of benzene rings is 2. The minimum absolute atomic E-state index is 0.0190. The summed E-state index contributed by atoms with van der Waals surface area (Å²) >= 11 is 0. The summed E-state index contributed by atoms with van der Waals surface area (Å²) in [7, 11) is 0. The number of fused-ring (bicyclic) bond motifs is 2. The maximum atomic E-state index is 13.4. The third kappa shape index (κ3) is 4.39. The Kier molecular flexibility index (Phi) is 5.69. The van der Waals surface area contributed by atoms with E-state index in [1.807, 2.05) is 47.9 Å². The highest BCUT2D eigenvalue weighted by atomic mass is 16.5. The second-order valence-corrected chi connectivity index (χ2v) is 8.30. The zero-order valence-electron chi connectivity index (χ0n) is 18.9. The lowest BCUT2D eigenvalue weighted by Crippen LogP contribution is -2.43. The Labute approximate surface area is 193 Å². The molecule has 1 N–H and O–H groups in total. The molecule has 2 aromatic heterocycles. The summed E-state index contributed by atoms with van der Waals surface area (Å²) in [6.45, 7) is 6.70. The molecule has 4 aromatic rings. The fourth-order valence-electron chi connectivity index (χ4n) is 4.28. The van der Waals surface area contributed by atoms with Crippen LogP contribution in [0.5, 0.6) is 5.75 Å². The van der Waals surface area contributed by atoms with Crippen molar-refractivity contribution in [2.45, 2.75) is 26.9 Å². The van der Waals surface area contributed by atoms with Gasteiger partial charge in [-0.05, 0) is 66.9 Å². The van der Waals surface area contributed by atoms with Crippen molar-refractivity contribution in [1.29, 1.82) is 0 Å². The minimum Gasteiger partial charge on any atom is -0.491 e. The van der Waals surface area contributed by atoms with E-state index in [-0.39, 0.29) is 6.03 Å². The summed E-state index contributed by atoms with van der Waals surface area (Å²) in [4.78, 5) is 29.0. The molecule has 0 saturated heterocycles. The number of nitrogens with zero attached hydrogens (tertiary/aromatic N) is 4. The summed E-state index contributed by atoms with van der Waals surface area (Å²) in [6, 6.07) is 16.4. The van der Waals surface area contributed by atoms with Crippen molar-refractivity contribution in [2.75, 3.05) is 19.7 Å². The molecule has 1 aliphatic heterocycles. The molecule has 3 heterocycles. The Morgan fingerprint density at radius 1 is 1.12 bits per heavy atom. The number of imidazole rings is 1. The third-order valence-electron chi connectivity index (χ3n) is 6.02. The second kappa shape index (κ2) is 8.94. The van der Waals surface area contributed by atoms with E-state index in [1.165, 1.54) is 0 Å². The van der Waals surface area contributed by atoms with E-state index >= 15 is 0 Å². The maximum absolute atomic E-state index is 13.4. The van der Waals surface area contributed by atoms with Gasteiger partial charge in [-0.2, -0.15) is 0 Å². The van der Waals surface area contributed by atoms with Crippen molar-refractivity contribution in [3.63, 3.8) is 0 Å². The molecule has 0 unspecified atom stereocenters. The van der Waals surface area contributed by atoms with Crippen molar-refractivity contribution >= 4 is 17.1 Å². The lowest BCUT2D eigenvalue weighted by atomic mass is 10.0. The topological polar surface area (TPSA) is 74.3 Å². The van der Waals surface area contributed by atoms with E-state index in [9.17, 15) is 4.79 Å². The van der Waals surface area contributed by atoms with Gasteiger partial charge in [0.05, 0.1) is 24.1 Å². The van der Waals surface area contributed by atoms with Crippen LogP contribution in [-0.4, -0.2) is 50.5 Å². The largest absolute Gasteiger partial charge is 0.491 e. The van der Waals surface area contributed by atoms with E-state index in [2.05, 4.69) is 39.2 Å². The fraction of sp³-hybridized carbons (Fsp3) is 0.269. The molecule has 0 atom stereocenters. The van der Waals surface area contributed by atoms with E-state index in [0.717, 1.165) is 44.9 Å². The predicted molar refractivity (Wildman–Crippen MR) is 128 cm³/mol. The number of nitrogens with one attached hydrogen (secondary N) is 1. The van der Waals surface area contributed by atoms with Crippen molar-refractivity contribution in [2.24, 2.45) is 0 Å². The molecule has 0 fully saturated rings. The van der Waals surface area contributed by atoms with Crippen LogP contribution in [0, 0.1) is 6.92 Å². The van der Waals surface area contributed by atoms with Gasteiger partial charge in [-0.15, -0.1) is 0 Å². The van der Waals surface area contributed by atoms with Crippen molar-refractivity contribution in [3.05, 3.63) is 77.9 Å². The summed E-state index contributed by atoms with van der Waals surface area (Å²) in [5, 5.41) is 0. The molecular weight excluding hydrogens is 414 g/mol. The number of carbonyl (C=O) groups is 1. The highest BCUT2D eigenvalue weighted by Gasteiger charge is 2.24. The highest BCUT2D eigenvalue weighted by molar-refractivity contribution is 5.82. The molecule has 168 valence electrons. The average Bonchev–Trinajstić information content (AvgIpc) is 3.08. The molecule has 0 radical (unpaired) electrons. The Morgan fingerprint density at radius 2 is 1.91 bits per heavy atom. The van der Waals surface area contributed by atoms with Crippen LogP contribution in [0.3, 0.4) is 0 Å². The van der Waals surface area contributed by atoms with Crippen LogP contribution >= 0.6 is 0 Å². The van der Waals surface area contributed by atoms with Crippen molar-refractivity contribution in [3.8, 4) is 16.9 Å². The smallest absolute Gasteiger partial charge is 0.320 e. The monoisotopic (exact) mass is 441 g/mol. The van der Waals surface area contributed by atoms with Crippen LogP contribution in [0.15, 0.2) is 60.9 Å². The second-order valence-electron chi connectivity index (χ2n) is 8.30. The molecule has 2 amide bonds. The molecule has 2 aromatic carbocycles. The van der Waals surface area contributed by atoms with Gasteiger partial charge in [0.15, 0.2) is 0 Å². The van der Waals surface area contributed by atoms with Gasteiger partial charge in [0.25, 0.3) is 0 Å². The number of urea groups is 1. The van der Waals surface area contributed by atoms with Gasteiger partial charge in [0.2, 0.25) is 0 Å². The quantitative estimate of drug-likeness (QED) is 0.495. The van der Waals surface area contributed by atoms with Gasteiger partial charge in [0.1, 0.15) is 18.2 Å². The number of aryl methyl sites for hydroxylation is 1. The molecule has 5 rings (SSSR count). The fourth-order valence-corrected chi connectivity index (χ4v) is 4.28. The lowest BCUT2D eigenvalue weighted by Gasteiger charge is -2.29. The highest BCUT2D eigenvalue weighted by Crippen LogP contribution is 2.31. The van der Waals surface area contributed by atoms with Crippen LogP contribution in [-0.2, 0) is 13.1 Å². The van der Waals surface area contributed by atoms with Gasteiger partial charge >= 0.3 is 6.03 Å². The first-order valence-electron chi connectivity index (χ1n) is 11.3. The maximum Gasteiger partial charge on any atom is 0.320 e. The molecule has 7 nitrogen and oxygen atoms in total. The van der Waals surface area contributed by atoms with Gasteiger partial charge < -0.3 is 19.5 Å². The number of rotatable bonds is 4. The lowest BCUT2D eigenvalue weighted by molar-refractivity contribution is 0.145. The van der Waals surface area contributed by atoms with E-state index in [4.69, 9.17) is 4.74 Å². The number of hydrogen-bond acceptors (Lipinski definition) is 4. The van der Waals surface area contributed by atoms with Gasteiger partial charge in [-0.25, -0.2) is 9.78 Å². The van der Waals surface area contributed by atoms with Crippen LogP contribution in [0.25, 0.3) is 22.2 Å². The Hall–Kier alpha value is -3.87. The number of ether oxygens (including phenoxy) is 1. The summed E-state index contributed by atoms with van der Waals surface area (Å²) in [5.74, 6) is 1.74. The SMILES string of the molecule is CCN(Cc1ccncc1)C(=O)N1CCOc2ccc(-c3ccc4nc(C)[nH]c4c3)cc2C1. The molecule has 33 heavy (non-hydrogen) atoms.